The standard InChI is InChI=1S/C16H20N6O/c1-22-9-18-21-15(22)10-6-11(14(23)7-10)8-17-16-19-12-4-2-3-5-13(12)20-16/h2-5,9-11,14,23H,6-8H2,1H3,(H2,17,19,20)/t10-,11+,14+/m0/s1. The molecular weight excluding hydrogens is 292 g/mol. The Labute approximate surface area is 133 Å². The quantitative estimate of drug-likeness (QED) is 0.681. The average Bonchev–Trinajstić information content (AvgIpc) is 3.23. The molecule has 120 valence electrons. The smallest absolute Gasteiger partial charge is 0.201 e. The summed E-state index contributed by atoms with van der Waals surface area (Å²) in [5.41, 5.74) is 1.96. The van der Waals surface area contributed by atoms with Gasteiger partial charge in [-0.2, -0.15) is 0 Å². The predicted molar refractivity (Wildman–Crippen MR) is 87.1 cm³/mol. The number of hydrogen-bond acceptors (Lipinski definition) is 5. The summed E-state index contributed by atoms with van der Waals surface area (Å²) in [6.45, 7) is 0.690. The molecule has 0 radical (unpaired) electrons. The highest BCUT2D eigenvalue weighted by atomic mass is 16.3. The number of nitrogens with one attached hydrogen (secondary N) is 2. The van der Waals surface area contributed by atoms with Crippen molar-refractivity contribution in [3.63, 3.8) is 0 Å². The Morgan fingerprint density at radius 3 is 3.00 bits per heavy atom. The molecule has 3 aromatic rings. The number of anilines is 1. The first-order chi connectivity index (χ1) is 11.2. The second kappa shape index (κ2) is 5.66. The Morgan fingerprint density at radius 2 is 2.22 bits per heavy atom. The number of para-hydroxylation sites is 2. The molecule has 1 aliphatic rings. The first kappa shape index (κ1) is 14.2. The monoisotopic (exact) mass is 312 g/mol. The second-order valence-corrected chi connectivity index (χ2v) is 6.28. The average molecular weight is 312 g/mol. The van der Waals surface area contributed by atoms with E-state index in [1.165, 1.54) is 0 Å². The molecular formula is C16H20N6O. The topological polar surface area (TPSA) is 91.7 Å². The van der Waals surface area contributed by atoms with E-state index in [0.717, 1.165) is 35.6 Å². The van der Waals surface area contributed by atoms with Gasteiger partial charge < -0.3 is 20.0 Å². The maximum absolute atomic E-state index is 10.3. The molecule has 0 unspecified atom stereocenters. The van der Waals surface area contributed by atoms with Gasteiger partial charge in [-0.25, -0.2) is 4.98 Å². The van der Waals surface area contributed by atoms with Crippen LogP contribution in [0.5, 0.6) is 0 Å². The van der Waals surface area contributed by atoms with Crippen LogP contribution in [0.1, 0.15) is 24.6 Å². The number of aromatic nitrogens is 5. The maximum atomic E-state index is 10.3. The number of rotatable bonds is 4. The van der Waals surface area contributed by atoms with Crippen molar-refractivity contribution in [3.8, 4) is 0 Å². The molecule has 4 rings (SSSR count). The lowest BCUT2D eigenvalue weighted by molar-refractivity contribution is 0.137. The minimum absolute atomic E-state index is 0.185. The molecule has 2 aromatic heterocycles. The molecule has 0 bridgehead atoms. The van der Waals surface area contributed by atoms with Crippen LogP contribution in [0.25, 0.3) is 11.0 Å². The van der Waals surface area contributed by atoms with E-state index in [-0.39, 0.29) is 17.9 Å². The second-order valence-electron chi connectivity index (χ2n) is 6.28. The van der Waals surface area contributed by atoms with Crippen LogP contribution in [-0.2, 0) is 7.05 Å². The zero-order valence-corrected chi connectivity index (χ0v) is 13.0. The molecule has 0 aliphatic heterocycles. The first-order valence-electron chi connectivity index (χ1n) is 7.91. The van der Waals surface area contributed by atoms with Gasteiger partial charge in [-0.1, -0.05) is 12.1 Å². The molecule has 7 heteroatoms. The maximum Gasteiger partial charge on any atom is 0.201 e. The molecule has 1 saturated carbocycles. The van der Waals surface area contributed by atoms with E-state index < -0.39 is 0 Å². The van der Waals surface area contributed by atoms with Gasteiger partial charge in [-0.15, -0.1) is 10.2 Å². The molecule has 1 aliphatic carbocycles. The Kier molecular flexibility index (Phi) is 3.49. The minimum atomic E-state index is -0.325. The Morgan fingerprint density at radius 1 is 1.35 bits per heavy atom. The van der Waals surface area contributed by atoms with Gasteiger partial charge in [0.1, 0.15) is 12.2 Å². The molecule has 3 N–H and O–H groups in total. The highest BCUT2D eigenvalue weighted by Gasteiger charge is 2.35. The Hall–Kier alpha value is -2.41. The SMILES string of the molecule is Cn1cnnc1[C@H]1C[C@H](CNc2nc3ccccc3[nH]2)[C@H](O)C1. The van der Waals surface area contributed by atoms with Crippen LogP contribution in [0.4, 0.5) is 5.95 Å². The van der Waals surface area contributed by atoms with Crippen molar-refractivity contribution < 1.29 is 5.11 Å². The van der Waals surface area contributed by atoms with E-state index in [0.29, 0.717) is 6.54 Å². The summed E-state index contributed by atoms with van der Waals surface area (Å²) in [4.78, 5) is 7.76. The molecule has 3 atom stereocenters. The third-order valence-corrected chi connectivity index (χ3v) is 4.69. The van der Waals surface area contributed by atoms with E-state index in [1.807, 2.05) is 35.9 Å². The van der Waals surface area contributed by atoms with Crippen LogP contribution in [0.3, 0.4) is 0 Å². The van der Waals surface area contributed by atoms with E-state index in [1.54, 1.807) is 6.33 Å². The van der Waals surface area contributed by atoms with Gasteiger partial charge in [0.25, 0.3) is 0 Å². The summed E-state index contributed by atoms with van der Waals surface area (Å²) in [7, 11) is 1.95. The summed E-state index contributed by atoms with van der Waals surface area (Å²) >= 11 is 0. The molecule has 1 aromatic carbocycles. The number of fused-ring (bicyclic) bond motifs is 1. The number of H-pyrrole nitrogens is 1. The lowest BCUT2D eigenvalue weighted by Crippen LogP contribution is -2.22. The van der Waals surface area contributed by atoms with Gasteiger partial charge >= 0.3 is 0 Å². The van der Waals surface area contributed by atoms with Crippen LogP contribution < -0.4 is 5.32 Å². The third-order valence-electron chi connectivity index (χ3n) is 4.69. The van der Waals surface area contributed by atoms with Crippen molar-refractivity contribution in [2.24, 2.45) is 13.0 Å². The highest BCUT2D eigenvalue weighted by Crippen LogP contribution is 2.37. The van der Waals surface area contributed by atoms with Crippen LogP contribution in [0.15, 0.2) is 30.6 Å². The Balaban J connectivity index is 1.42. The summed E-state index contributed by atoms with van der Waals surface area (Å²) in [5.74, 6) is 2.15. The van der Waals surface area contributed by atoms with Gasteiger partial charge in [-0.3, -0.25) is 0 Å². The minimum Gasteiger partial charge on any atom is -0.393 e. The largest absolute Gasteiger partial charge is 0.393 e. The molecule has 0 saturated heterocycles. The third kappa shape index (κ3) is 2.68. The van der Waals surface area contributed by atoms with Crippen molar-refractivity contribution in [1.29, 1.82) is 0 Å². The molecule has 1 fully saturated rings. The number of aryl methyl sites for hydroxylation is 1. The zero-order chi connectivity index (χ0) is 15.8. The van der Waals surface area contributed by atoms with Gasteiger partial charge in [0.05, 0.1) is 17.1 Å². The number of aromatic amines is 1. The number of benzene rings is 1. The van der Waals surface area contributed by atoms with Gasteiger partial charge in [-0.05, 0) is 25.0 Å². The molecule has 7 nitrogen and oxygen atoms in total. The van der Waals surface area contributed by atoms with Crippen molar-refractivity contribution in [2.45, 2.75) is 24.9 Å². The lowest BCUT2D eigenvalue weighted by Gasteiger charge is -2.14. The van der Waals surface area contributed by atoms with E-state index in [2.05, 4.69) is 25.5 Å². The van der Waals surface area contributed by atoms with Gasteiger partial charge in [0.2, 0.25) is 5.95 Å². The zero-order valence-electron chi connectivity index (χ0n) is 13.0. The van der Waals surface area contributed by atoms with Crippen molar-refractivity contribution in [1.82, 2.24) is 24.7 Å². The molecule has 2 heterocycles. The summed E-state index contributed by atoms with van der Waals surface area (Å²) in [6.07, 6.45) is 3.02. The van der Waals surface area contributed by atoms with Gasteiger partial charge in [0, 0.05) is 25.4 Å². The fourth-order valence-electron chi connectivity index (χ4n) is 3.46. The summed E-state index contributed by atoms with van der Waals surface area (Å²) in [5, 5.41) is 21.8. The number of hydrogen-bond donors (Lipinski definition) is 3. The van der Waals surface area contributed by atoms with Crippen molar-refractivity contribution in [3.05, 3.63) is 36.4 Å². The number of imidazole rings is 1. The number of aliphatic hydroxyl groups is 1. The Bertz CT molecular complexity index is 777. The van der Waals surface area contributed by atoms with Crippen LogP contribution in [0, 0.1) is 5.92 Å². The molecule has 0 amide bonds. The highest BCUT2D eigenvalue weighted by molar-refractivity contribution is 5.77. The predicted octanol–water partition coefficient (Wildman–Crippen LogP) is 1.66. The normalized spacial score (nSPS) is 24.3. The van der Waals surface area contributed by atoms with Crippen LogP contribution >= 0.6 is 0 Å². The first-order valence-corrected chi connectivity index (χ1v) is 7.91. The van der Waals surface area contributed by atoms with E-state index in [9.17, 15) is 5.11 Å². The lowest BCUT2D eigenvalue weighted by atomic mass is 10.0. The van der Waals surface area contributed by atoms with Gasteiger partial charge in [0.15, 0.2) is 0 Å². The van der Waals surface area contributed by atoms with Crippen LogP contribution in [0.2, 0.25) is 0 Å². The fraction of sp³-hybridized carbons (Fsp3) is 0.438. The van der Waals surface area contributed by atoms with Crippen LogP contribution in [-0.4, -0.2) is 42.5 Å². The van der Waals surface area contributed by atoms with Crippen molar-refractivity contribution >= 4 is 17.0 Å². The molecule has 0 spiro atoms. The van der Waals surface area contributed by atoms with E-state index >= 15 is 0 Å². The number of aliphatic hydroxyl groups excluding tert-OH is 1. The van der Waals surface area contributed by atoms with Crippen molar-refractivity contribution in [2.75, 3.05) is 11.9 Å². The fourth-order valence-corrected chi connectivity index (χ4v) is 3.46. The summed E-state index contributed by atoms with van der Waals surface area (Å²) < 4.78 is 1.94. The number of nitrogens with zero attached hydrogens (tertiary/aromatic N) is 4. The van der Waals surface area contributed by atoms with E-state index in [4.69, 9.17) is 0 Å². The summed E-state index contributed by atoms with van der Waals surface area (Å²) in [6, 6.07) is 7.93. The molecule has 23 heavy (non-hydrogen) atoms.